The Labute approximate surface area is 99.8 Å². The standard InChI is InChI=1S/C14H15NO2/c1-17-12-7-3-6-10-11(8-15-13(10)12)14(16)9-4-2-5-9/h3,6-9,15H,2,4-5H2,1H3. The highest BCUT2D eigenvalue weighted by atomic mass is 16.5. The molecule has 1 N–H and O–H groups in total. The van der Waals surface area contributed by atoms with Crippen LogP contribution in [0.1, 0.15) is 29.6 Å². The third-order valence-electron chi connectivity index (χ3n) is 3.64. The lowest BCUT2D eigenvalue weighted by molar-refractivity contribution is 0.0857. The van der Waals surface area contributed by atoms with Crippen LogP contribution in [0.3, 0.4) is 0 Å². The van der Waals surface area contributed by atoms with E-state index in [9.17, 15) is 4.79 Å². The van der Waals surface area contributed by atoms with Gasteiger partial charge in [0, 0.05) is 23.1 Å². The van der Waals surface area contributed by atoms with Crippen LogP contribution in [0.5, 0.6) is 5.75 Å². The first kappa shape index (κ1) is 10.4. The molecule has 1 aliphatic rings. The highest BCUT2D eigenvalue weighted by Crippen LogP contribution is 2.34. The number of Topliss-reactive ketones (excluding diaryl/α,β-unsaturated/α-hetero) is 1. The summed E-state index contributed by atoms with van der Waals surface area (Å²) in [6, 6.07) is 5.79. The van der Waals surface area contributed by atoms with Gasteiger partial charge >= 0.3 is 0 Å². The van der Waals surface area contributed by atoms with Gasteiger partial charge in [-0.1, -0.05) is 18.6 Å². The van der Waals surface area contributed by atoms with Gasteiger partial charge in [-0.05, 0) is 18.9 Å². The molecule has 0 saturated heterocycles. The maximum absolute atomic E-state index is 12.2. The summed E-state index contributed by atoms with van der Waals surface area (Å²) in [5.41, 5.74) is 1.72. The van der Waals surface area contributed by atoms with E-state index in [4.69, 9.17) is 4.74 Å². The molecule has 0 aliphatic heterocycles. The number of ketones is 1. The zero-order valence-electron chi connectivity index (χ0n) is 9.82. The Hall–Kier alpha value is -1.77. The predicted octanol–water partition coefficient (Wildman–Crippen LogP) is 3.16. The Morgan fingerprint density at radius 3 is 2.88 bits per heavy atom. The van der Waals surface area contributed by atoms with Crippen molar-refractivity contribution in [3.63, 3.8) is 0 Å². The molecule has 17 heavy (non-hydrogen) atoms. The number of nitrogens with one attached hydrogen (secondary N) is 1. The Morgan fingerprint density at radius 2 is 2.24 bits per heavy atom. The molecular formula is C14H15NO2. The molecule has 1 aromatic heterocycles. The van der Waals surface area contributed by atoms with Crippen molar-refractivity contribution >= 4 is 16.7 Å². The average molecular weight is 229 g/mol. The molecule has 1 saturated carbocycles. The van der Waals surface area contributed by atoms with Gasteiger partial charge in [-0.25, -0.2) is 0 Å². The fourth-order valence-electron chi connectivity index (χ4n) is 2.39. The number of benzene rings is 1. The number of carbonyl (C=O) groups excluding carboxylic acids is 1. The lowest BCUT2D eigenvalue weighted by atomic mass is 9.80. The number of carbonyl (C=O) groups is 1. The normalized spacial score (nSPS) is 15.8. The van der Waals surface area contributed by atoms with E-state index in [0.29, 0.717) is 0 Å². The largest absolute Gasteiger partial charge is 0.495 e. The monoisotopic (exact) mass is 229 g/mol. The molecule has 0 bridgehead atoms. The molecule has 3 rings (SSSR count). The Balaban J connectivity index is 2.08. The van der Waals surface area contributed by atoms with Crippen LogP contribution in [0.4, 0.5) is 0 Å². The number of aromatic amines is 1. The van der Waals surface area contributed by atoms with Crippen LogP contribution < -0.4 is 4.74 Å². The fourth-order valence-corrected chi connectivity index (χ4v) is 2.39. The maximum Gasteiger partial charge on any atom is 0.168 e. The van der Waals surface area contributed by atoms with Gasteiger partial charge in [0.25, 0.3) is 0 Å². The molecule has 0 spiro atoms. The van der Waals surface area contributed by atoms with Crippen molar-refractivity contribution in [3.05, 3.63) is 30.0 Å². The van der Waals surface area contributed by atoms with Gasteiger partial charge in [-0.2, -0.15) is 0 Å². The summed E-state index contributed by atoms with van der Waals surface area (Å²) in [6.07, 6.45) is 5.07. The zero-order valence-corrected chi connectivity index (χ0v) is 9.82. The minimum Gasteiger partial charge on any atom is -0.495 e. The minimum atomic E-state index is 0.236. The second-order valence-corrected chi connectivity index (χ2v) is 4.58. The van der Waals surface area contributed by atoms with Gasteiger partial charge in [-0.3, -0.25) is 4.79 Å². The second kappa shape index (κ2) is 3.91. The van der Waals surface area contributed by atoms with Crippen LogP contribution in [0.2, 0.25) is 0 Å². The quantitative estimate of drug-likeness (QED) is 0.821. The summed E-state index contributed by atoms with van der Waals surface area (Å²) in [6.45, 7) is 0. The number of para-hydroxylation sites is 1. The van der Waals surface area contributed by atoms with E-state index in [2.05, 4.69) is 4.98 Å². The van der Waals surface area contributed by atoms with Crippen LogP contribution in [0, 0.1) is 5.92 Å². The maximum atomic E-state index is 12.2. The van der Waals surface area contributed by atoms with Crippen molar-refractivity contribution in [1.29, 1.82) is 0 Å². The SMILES string of the molecule is COc1cccc2c(C(=O)C3CCC3)c[nH]c12. The molecule has 0 amide bonds. The molecule has 2 aromatic rings. The van der Waals surface area contributed by atoms with Gasteiger partial charge in [0.2, 0.25) is 0 Å². The molecule has 0 unspecified atom stereocenters. The van der Waals surface area contributed by atoms with Crippen LogP contribution in [-0.2, 0) is 0 Å². The van der Waals surface area contributed by atoms with Crippen molar-refractivity contribution < 1.29 is 9.53 Å². The van der Waals surface area contributed by atoms with Gasteiger partial charge < -0.3 is 9.72 Å². The first-order chi connectivity index (χ1) is 8.31. The van der Waals surface area contributed by atoms with Crippen LogP contribution in [0.15, 0.2) is 24.4 Å². The van der Waals surface area contributed by atoms with Crippen molar-refractivity contribution in [2.24, 2.45) is 5.92 Å². The highest BCUT2D eigenvalue weighted by molar-refractivity contribution is 6.10. The number of hydrogen-bond acceptors (Lipinski definition) is 2. The van der Waals surface area contributed by atoms with Crippen LogP contribution >= 0.6 is 0 Å². The van der Waals surface area contributed by atoms with Crippen LogP contribution in [0.25, 0.3) is 10.9 Å². The van der Waals surface area contributed by atoms with E-state index in [0.717, 1.165) is 35.1 Å². The first-order valence-electron chi connectivity index (χ1n) is 5.99. The molecule has 3 heteroatoms. The van der Waals surface area contributed by atoms with Gasteiger partial charge in [-0.15, -0.1) is 0 Å². The van der Waals surface area contributed by atoms with Crippen LogP contribution in [-0.4, -0.2) is 17.9 Å². The third-order valence-corrected chi connectivity index (χ3v) is 3.64. The summed E-state index contributed by atoms with van der Waals surface area (Å²) in [7, 11) is 1.64. The van der Waals surface area contributed by atoms with E-state index in [1.165, 1.54) is 6.42 Å². The summed E-state index contributed by atoms with van der Waals surface area (Å²) in [5, 5.41) is 0.973. The van der Waals surface area contributed by atoms with E-state index in [1.807, 2.05) is 24.4 Å². The molecule has 3 nitrogen and oxygen atoms in total. The minimum absolute atomic E-state index is 0.236. The van der Waals surface area contributed by atoms with Crippen molar-refractivity contribution in [1.82, 2.24) is 4.98 Å². The van der Waals surface area contributed by atoms with Gasteiger partial charge in [0.05, 0.1) is 12.6 Å². The zero-order chi connectivity index (χ0) is 11.8. The molecule has 1 aromatic carbocycles. The molecule has 1 fully saturated rings. The second-order valence-electron chi connectivity index (χ2n) is 4.58. The van der Waals surface area contributed by atoms with Gasteiger partial charge in [0.15, 0.2) is 5.78 Å². The van der Waals surface area contributed by atoms with Gasteiger partial charge in [0.1, 0.15) is 5.75 Å². The van der Waals surface area contributed by atoms with Crippen molar-refractivity contribution in [2.45, 2.75) is 19.3 Å². The average Bonchev–Trinajstić information content (AvgIpc) is 2.69. The Morgan fingerprint density at radius 1 is 1.41 bits per heavy atom. The number of rotatable bonds is 3. The summed E-state index contributed by atoms with van der Waals surface area (Å²) >= 11 is 0. The third kappa shape index (κ3) is 1.54. The molecular weight excluding hydrogens is 214 g/mol. The number of H-pyrrole nitrogens is 1. The van der Waals surface area contributed by atoms with E-state index in [1.54, 1.807) is 7.11 Å². The number of fused-ring (bicyclic) bond motifs is 1. The summed E-state index contributed by atoms with van der Waals surface area (Å²) < 4.78 is 5.28. The number of methoxy groups -OCH3 is 1. The van der Waals surface area contributed by atoms with E-state index < -0.39 is 0 Å². The smallest absolute Gasteiger partial charge is 0.168 e. The summed E-state index contributed by atoms with van der Waals surface area (Å²) in [5.74, 6) is 1.30. The fraction of sp³-hybridized carbons (Fsp3) is 0.357. The van der Waals surface area contributed by atoms with E-state index in [-0.39, 0.29) is 11.7 Å². The molecule has 0 radical (unpaired) electrons. The predicted molar refractivity (Wildman–Crippen MR) is 66.5 cm³/mol. The van der Waals surface area contributed by atoms with E-state index >= 15 is 0 Å². The molecule has 1 heterocycles. The molecule has 0 atom stereocenters. The van der Waals surface area contributed by atoms with Crippen molar-refractivity contribution in [2.75, 3.05) is 7.11 Å². The molecule has 88 valence electrons. The molecule has 1 aliphatic carbocycles. The first-order valence-corrected chi connectivity index (χ1v) is 5.99. The Bertz CT molecular complexity index is 567. The lowest BCUT2D eigenvalue weighted by Crippen LogP contribution is -2.21. The van der Waals surface area contributed by atoms with Crippen molar-refractivity contribution in [3.8, 4) is 5.75 Å². The lowest BCUT2D eigenvalue weighted by Gasteiger charge is -2.23. The summed E-state index contributed by atoms with van der Waals surface area (Å²) in [4.78, 5) is 15.4. The number of hydrogen-bond donors (Lipinski definition) is 1. The topological polar surface area (TPSA) is 42.1 Å². The Kier molecular flexibility index (Phi) is 2.39. The highest BCUT2D eigenvalue weighted by Gasteiger charge is 2.28. The number of aromatic nitrogens is 1. The number of ether oxygens (including phenoxy) is 1.